The van der Waals surface area contributed by atoms with Gasteiger partial charge in [0.15, 0.2) is 0 Å². The van der Waals surface area contributed by atoms with Crippen LogP contribution < -0.4 is 10.9 Å². The Hall–Kier alpha value is -1.87. The van der Waals surface area contributed by atoms with Gasteiger partial charge in [0.05, 0.1) is 0 Å². The van der Waals surface area contributed by atoms with Crippen molar-refractivity contribution < 1.29 is 0 Å². The third-order valence-corrected chi connectivity index (χ3v) is 3.25. The van der Waals surface area contributed by atoms with Gasteiger partial charge in [-0.15, -0.1) is 0 Å². The summed E-state index contributed by atoms with van der Waals surface area (Å²) in [5.74, 6) is 0. The van der Waals surface area contributed by atoms with Crippen LogP contribution in [-0.4, -0.2) is 11.5 Å². The van der Waals surface area contributed by atoms with E-state index in [0.717, 1.165) is 30.6 Å². The molecule has 86 valence electrons. The Bertz CT molecular complexity index is 601. The van der Waals surface area contributed by atoms with Gasteiger partial charge in [-0.3, -0.25) is 4.79 Å². The molecule has 1 aliphatic rings. The topological polar surface area (TPSA) is 44.9 Å². The second kappa shape index (κ2) is 4.18. The van der Waals surface area contributed by atoms with Gasteiger partial charge in [0.25, 0.3) is 5.56 Å². The number of pyridine rings is 1. The molecular weight excluding hydrogens is 212 g/mol. The zero-order valence-corrected chi connectivity index (χ0v) is 9.49. The molecule has 0 unspecified atom stereocenters. The summed E-state index contributed by atoms with van der Waals surface area (Å²) in [5.41, 5.74) is 4.44. The van der Waals surface area contributed by atoms with Crippen molar-refractivity contribution in [2.75, 3.05) is 6.54 Å². The zero-order valence-electron chi connectivity index (χ0n) is 9.49. The molecule has 0 aliphatic carbocycles. The molecule has 17 heavy (non-hydrogen) atoms. The summed E-state index contributed by atoms with van der Waals surface area (Å²) in [6.45, 7) is 1.88. The maximum atomic E-state index is 11.8. The lowest BCUT2D eigenvalue weighted by Crippen LogP contribution is -2.24. The van der Waals surface area contributed by atoms with Gasteiger partial charge in [0.2, 0.25) is 0 Å². The van der Waals surface area contributed by atoms with E-state index in [1.807, 2.05) is 24.3 Å². The summed E-state index contributed by atoms with van der Waals surface area (Å²) in [6, 6.07) is 9.94. The zero-order chi connectivity index (χ0) is 11.7. The van der Waals surface area contributed by atoms with Crippen LogP contribution in [0.25, 0.3) is 11.1 Å². The second-order valence-corrected chi connectivity index (χ2v) is 4.28. The van der Waals surface area contributed by atoms with Crippen LogP contribution in [0.4, 0.5) is 0 Å². The Balaban J connectivity index is 2.22. The summed E-state index contributed by atoms with van der Waals surface area (Å²) in [6.07, 6.45) is 2.66. The van der Waals surface area contributed by atoms with Crippen LogP contribution in [0.1, 0.15) is 11.1 Å². The van der Waals surface area contributed by atoms with Gasteiger partial charge >= 0.3 is 0 Å². The van der Waals surface area contributed by atoms with Gasteiger partial charge in [0, 0.05) is 18.3 Å². The summed E-state index contributed by atoms with van der Waals surface area (Å²) in [4.78, 5) is 14.6. The van der Waals surface area contributed by atoms with Crippen molar-refractivity contribution in [2.24, 2.45) is 0 Å². The number of nitrogens with one attached hydrogen (secondary N) is 2. The number of fused-ring (bicyclic) bond motifs is 1. The lowest BCUT2D eigenvalue weighted by atomic mass is 9.92. The third kappa shape index (κ3) is 1.78. The Morgan fingerprint density at radius 1 is 1.06 bits per heavy atom. The standard InChI is InChI=1S/C14H14N2O/c17-14-13(5-2-7-16-14)12-4-1-3-10-9-15-8-6-11(10)12/h1-5,7,15H,6,8-9H2,(H,16,17). The Kier molecular flexibility index (Phi) is 2.53. The normalized spacial score (nSPS) is 14.4. The van der Waals surface area contributed by atoms with Crippen molar-refractivity contribution in [2.45, 2.75) is 13.0 Å². The number of hydrogen-bond donors (Lipinski definition) is 2. The van der Waals surface area contributed by atoms with E-state index in [2.05, 4.69) is 16.4 Å². The first kappa shape index (κ1) is 10.3. The van der Waals surface area contributed by atoms with Gasteiger partial charge in [-0.25, -0.2) is 0 Å². The molecule has 0 bridgehead atoms. The minimum Gasteiger partial charge on any atom is -0.329 e. The predicted octanol–water partition coefficient (Wildman–Crippen LogP) is 1.69. The monoisotopic (exact) mass is 226 g/mol. The molecule has 0 atom stereocenters. The number of benzene rings is 1. The fourth-order valence-electron chi connectivity index (χ4n) is 2.42. The lowest BCUT2D eigenvalue weighted by Gasteiger charge is -2.20. The number of aromatic nitrogens is 1. The first-order chi connectivity index (χ1) is 8.36. The van der Waals surface area contributed by atoms with Crippen molar-refractivity contribution in [1.82, 2.24) is 10.3 Å². The highest BCUT2D eigenvalue weighted by molar-refractivity contribution is 5.68. The number of hydrogen-bond acceptors (Lipinski definition) is 2. The van der Waals surface area contributed by atoms with Crippen molar-refractivity contribution >= 4 is 0 Å². The maximum absolute atomic E-state index is 11.8. The van der Waals surface area contributed by atoms with Crippen molar-refractivity contribution in [3.8, 4) is 11.1 Å². The molecule has 2 heterocycles. The molecule has 1 aromatic heterocycles. The van der Waals surface area contributed by atoms with Gasteiger partial charge in [-0.05, 0) is 41.8 Å². The minimum atomic E-state index is -0.0144. The highest BCUT2D eigenvalue weighted by Crippen LogP contribution is 2.25. The van der Waals surface area contributed by atoms with Crippen LogP contribution in [0, 0.1) is 0 Å². The molecule has 3 nitrogen and oxygen atoms in total. The van der Waals surface area contributed by atoms with Gasteiger partial charge in [-0.1, -0.05) is 18.2 Å². The molecule has 0 fully saturated rings. The average molecular weight is 226 g/mol. The number of aromatic amines is 1. The van der Waals surface area contributed by atoms with E-state index < -0.39 is 0 Å². The SMILES string of the molecule is O=c1[nH]cccc1-c1cccc2c1CCNC2. The van der Waals surface area contributed by atoms with Crippen molar-refractivity contribution in [3.05, 3.63) is 58.0 Å². The van der Waals surface area contributed by atoms with E-state index >= 15 is 0 Å². The Morgan fingerprint density at radius 3 is 2.82 bits per heavy atom. The largest absolute Gasteiger partial charge is 0.329 e. The molecule has 3 heteroatoms. The van der Waals surface area contributed by atoms with Crippen molar-refractivity contribution in [1.29, 1.82) is 0 Å². The quantitative estimate of drug-likeness (QED) is 0.777. The third-order valence-electron chi connectivity index (χ3n) is 3.25. The van der Waals surface area contributed by atoms with Crippen LogP contribution in [0.3, 0.4) is 0 Å². The summed E-state index contributed by atoms with van der Waals surface area (Å²) < 4.78 is 0. The molecule has 3 rings (SSSR count). The Morgan fingerprint density at radius 2 is 1.94 bits per heavy atom. The number of H-pyrrole nitrogens is 1. The molecule has 2 aromatic rings. The number of rotatable bonds is 1. The van der Waals surface area contributed by atoms with E-state index in [0.29, 0.717) is 0 Å². The van der Waals surface area contributed by atoms with E-state index in [-0.39, 0.29) is 5.56 Å². The van der Waals surface area contributed by atoms with E-state index in [9.17, 15) is 4.79 Å². The van der Waals surface area contributed by atoms with E-state index in [1.165, 1.54) is 11.1 Å². The highest BCUT2D eigenvalue weighted by Gasteiger charge is 2.14. The first-order valence-electron chi connectivity index (χ1n) is 5.86. The van der Waals surface area contributed by atoms with Crippen LogP contribution in [-0.2, 0) is 13.0 Å². The molecule has 1 aromatic carbocycles. The summed E-state index contributed by atoms with van der Waals surface area (Å²) >= 11 is 0. The molecule has 0 saturated carbocycles. The van der Waals surface area contributed by atoms with Gasteiger partial charge < -0.3 is 10.3 Å². The maximum Gasteiger partial charge on any atom is 0.255 e. The molecule has 0 spiro atoms. The molecule has 1 aliphatic heterocycles. The first-order valence-corrected chi connectivity index (χ1v) is 5.86. The van der Waals surface area contributed by atoms with Gasteiger partial charge in [0.1, 0.15) is 0 Å². The molecule has 2 N–H and O–H groups in total. The second-order valence-electron chi connectivity index (χ2n) is 4.28. The van der Waals surface area contributed by atoms with Crippen LogP contribution in [0.15, 0.2) is 41.3 Å². The smallest absolute Gasteiger partial charge is 0.255 e. The minimum absolute atomic E-state index is 0.0144. The van der Waals surface area contributed by atoms with Crippen molar-refractivity contribution in [3.63, 3.8) is 0 Å². The molecule has 0 radical (unpaired) electrons. The van der Waals surface area contributed by atoms with Crippen LogP contribution in [0.5, 0.6) is 0 Å². The van der Waals surface area contributed by atoms with E-state index in [4.69, 9.17) is 0 Å². The fourth-order valence-corrected chi connectivity index (χ4v) is 2.42. The molecule has 0 amide bonds. The Labute approximate surface area is 99.5 Å². The highest BCUT2D eigenvalue weighted by atomic mass is 16.1. The van der Waals surface area contributed by atoms with Gasteiger partial charge in [-0.2, -0.15) is 0 Å². The lowest BCUT2D eigenvalue weighted by molar-refractivity contribution is 0.645. The average Bonchev–Trinajstić information content (AvgIpc) is 2.39. The molecule has 0 saturated heterocycles. The van der Waals surface area contributed by atoms with Crippen LogP contribution in [0.2, 0.25) is 0 Å². The fraction of sp³-hybridized carbons (Fsp3) is 0.214. The summed E-state index contributed by atoms with van der Waals surface area (Å²) in [7, 11) is 0. The van der Waals surface area contributed by atoms with Crippen LogP contribution >= 0.6 is 0 Å². The summed E-state index contributed by atoms with van der Waals surface area (Å²) in [5, 5.41) is 3.35. The predicted molar refractivity (Wildman–Crippen MR) is 67.9 cm³/mol. The molecular formula is C14H14N2O. The van der Waals surface area contributed by atoms with E-state index in [1.54, 1.807) is 6.20 Å².